The first-order valence-electron chi connectivity index (χ1n) is 8.84. The number of aromatic nitrogens is 2. The Morgan fingerprint density at radius 1 is 1.27 bits per heavy atom. The Labute approximate surface area is 160 Å². The molecular weight excluding hydrogens is 350 g/mol. The molecule has 0 aliphatic carbocycles. The number of aryl methyl sites for hydroxylation is 2. The third-order valence-electron chi connectivity index (χ3n) is 4.11. The van der Waals surface area contributed by atoms with Crippen molar-refractivity contribution in [2.24, 2.45) is 12.0 Å². The molecule has 2 aromatic rings. The molecule has 2 N–H and O–H groups in total. The number of hydrogen-bond acceptors (Lipinski definition) is 3. The average Bonchev–Trinajstić information content (AvgIpc) is 2.85. The molecule has 1 atom stereocenters. The zero-order chi connectivity index (χ0) is 19.1. The van der Waals surface area contributed by atoms with E-state index in [-0.39, 0.29) is 6.10 Å². The second-order valence-corrected chi connectivity index (χ2v) is 6.67. The van der Waals surface area contributed by atoms with Crippen molar-refractivity contribution in [3.63, 3.8) is 0 Å². The van der Waals surface area contributed by atoms with E-state index in [1.54, 1.807) is 0 Å². The van der Waals surface area contributed by atoms with Crippen molar-refractivity contribution in [1.82, 2.24) is 20.4 Å². The molecule has 7 heteroatoms. The minimum Gasteiger partial charge on any atom is -0.489 e. The molecule has 0 aliphatic rings. The maximum absolute atomic E-state index is 5.90. The van der Waals surface area contributed by atoms with Gasteiger partial charge in [0.1, 0.15) is 11.9 Å². The zero-order valence-corrected chi connectivity index (χ0v) is 16.9. The molecule has 26 heavy (non-hydrogen) atoms. The van der Waals surface area contributed by atoms with Gasteiger partial charge >= 0.3 is 0 Å². The Bertz CT molecular complexity index is 739. The Hall–Kier alpha value is -2.21. The van der Waals surface area contributed by atoms with E-state index < -0.39 is 0 Å². The summed E-state index contributed by atoms with van der Waals surface area (Å²) in [4.78, 5) is 4.68. The third kappa shape index (κ3) is 5.66. The number of aliphatic imine (C=N–C) groups is 1. The molecule has 0 radical (unpaired) electrons. The zero-order valence-electron chi connectivity index (χ0n) is 16.1. The first-order valence-corrected chi connectivity index (χ1v) is 9.22. The molecule has 0 saturated heterocycles. The quantitative estimate of drug-likeness (QED) is 0.574. The summed E-state index contributed by atoms with van der Waals surface area (Å²) in [6, 6.07) is 7.38. The van der Waals surface area contributed by atoms with Crippen LogP contribution in [0.1, 0.15) is 30.8 Å². The molecule has 0 amide bonds. The summed E-state index contributed by atoms with van der Waals surface area (Å²) in [5, 5.41) is 11.7. The van der Waals surface area contributed by atoms with Crippen LogP contribution in [0, 0.1) is 13.8 Å². The number of benzene rings is 1. The third-order valence-corrected chi connectivity index (χ3v) is 4.36. The molecule has 1 unspecified atom stereocenters. The van der Waals surface area contributed by atoms with Crippen molar-refractivity contribution in [3.8, 4) is 5.75 Å². The van der Waals surface area contributed by atoms with E-state index in [0.29, 0.717) is 18.1 Å². The van der Waals surface area contributed by atoms with E-state index in [2.05, 4.69) is 27.6 Å². The van der Waals surface area contributed by atoms with Crippen LogP contribution in [0.3, 0.4) is 0 Å². The molecule has 1 aromatic heterocycles. The minimum atomic E-state index is -0.0121. The number of halogens is 1. The van der Waals surface area contributed by atoms with Gasteiger partial charge in [-0.15, -0.1) is 0 Å². The first-order chi connectivity index (χ1) is 12.4. The van der Waals surface area contributed by atoms with E-state index in [0.717, 1.165) is 35.2 Å². The molecule has 142 valence electrons. The Kier molecular flexibility index (Phi) is 7.33. The predicted octanol–water partition coefficient (Wildman–Crippen LogP) is 3.21. The van der Waals surface area contributed by atoms with Crippen molar-refractivity contribution in [2.75, 3.05) is 13.1 Å². The lowest BCUT2D eigenvalue weighted by Gasteiger charge is -2.17. The molecule has 6 nitrogen and oxygen atoms in total. The lowest BCUT2D eigenvalue weighted by atomic mass is 10.2. The Balaban J connectivity index is 1.93. The first kappa shape index (κ1) is 20.1. The second kappa shape index (κ2) is 9.48. The fourth-order valence-corrected chi connectivity index (χ4v) is 2.70. The van der Waals surface area contributed by atoms with E-state index in [4.69, 9.17) is 16.3 Å². The normalized spacial score (nSPS) is 12.8. The number of nitrogens with one attached hydrogen (secondary N) is 2. The monoisotopic (exact) mass is 377 g/mol. The van der Waals surface area contributed by atoms with Gasteiger partial charge in [0.15, 0.2) is 5.96 Å². The average molecular weight is 378 g/mol. The van der Waals surface area contributed by atoms with Gasteiger partial charge in [0.05, 0.1) is 18.8 Å². The molecule has 2 rings (SSSR count). The topological polar surface area (TPSA) is 63.5 Å². The molecule has 1 aromatic carbocycles. The summed E-state index contributed by atoms with van der Waals surface area (Å²) in [7, 11) is 1.95. The van der Waals surface area contributed by atoms with E-state index in [1.165, 1.54) is 0 Å². The van der Waals surface area contributed by atoms with Gasteiger partial charge in [0, 0.05) is 29.9 Å². The number of ether oxygens (including phenoxy) is 1. The standard InChI is InChI=1S/C19H28ClN5O/c1-6-21-19(23-12-18-14(3)24-25(5)15(18)4)22-11-13(2)26-17-9-7-16(20)8-10-17/h7-10,13H,6,11-12H2,1-5H3,(H2,21,22,23). The van der Waals surface area contributed by atoms with Gasteiger partial charge in [-0.1, -0.05) is 11.6 Å². The Morgan fingerprint density at radius 3 is 2.54 bits per heavy atom. The van der Waals surface area contributed by atoms with Crippen molar-refractivity contribution in [1.29, 1.82) is 0 Å². The molecule has 0 spiro atoms. The molecule has 1 heterocycles. The number of rotatable bonds is 7. The summed E-state index contributed by atoms with van der Waals surface area (Å²) in [6.07, 6.45) is -0.0121. The van der Waals surface area contributed by atoms with Gasteiger partial charge in [-0.3, -0.25) is 4.68 Å². The van der Waals surface area contributed by atoms with Crippen LogP contribution in [0.4, 0.5) is 0 Å². The largest absolute Gasteiger partial charge is 0.489 e. The van der Waals surface area contributed by atoms with Gasteiger partial charge in [0.25, 0.3) is 0 Å². The summed E-state index contributed by atoms with van der Waals surface area (Å²) in [6.45, 7) is 10.2. The van der Waals surface area contributed by atoms with Crippen LogP contribution in [0.2, 0.25) is 5.02 Å². The van der Waals surface area contributed by atoms with Crippen LogP contribution in [0.5, 0.6) is 5.75 Å². The lowest BCUT2D eigenvalue weighted by molar-refractivity contribution is 0.224. The highest BCUT2D eigenvalue weighted by molar-refractivity contribution is 6.30. The fourth-order valence-electron chi connectivity index (χ4n) is 2.57. The fraction of sp³-hybridized carbons (Fsp3) is 0.474. The van der Waals surface area contributed by atoms with Gasteiger partial charge in [0.2, 0.25) is 0 Å². The van der Waals surface area contributed by atoms with Gasteiger partial charge in [-0.2, -0.15) is 5.10 Å². The highest BCUT2D eigenvalue weighted by Crippen LogP contribution is 2.16. The van der Waals surface area contributed by atoms with E-state index in [1.807, 2.05) is 56.8 Å². The van der Waals surface area contributed by atoms with E-state index >= 15 is 0 Å². The van der Waals surface area contributed by atoms with Gasteiger partial charge in [-0.05, 0) is 52.0 Å². The maximum Gasteiger partial charge on any atom is 0.191 e. The van der Waals surface area contributed by atoms with Crippen LogP contribution in [0.15, 0.2) is 29.3 Å². The van der Waals surface area contributed by atoms with Gasteiger partial charge < -0.3 is 15.4 Å². The van der Waals surface area contributed by atoms with Crippen LogP contribution in [-0.2, 0) is 13.6 Å². The number of hydrogen-bond donors (Lipinski definition) is 2. The molecule has 0 bridgehead atoms. The Morgan fingerprint density at radius 2 is 1.96 bits per heavy atom. The van der Waals surface area contributed by atoms with Crippen LogP contribution in [-0.4, -0.2) is 34.9 Å². The highest BCUT2D eigenvalue weighted by Gasteiger charge is 2.10. The van der Waals surface area contributed by atoms with Crippen LogP contribution in [0.25, 0.3) is 0 Å². The van der Waals surface area contributed by atoms with Crippen molar-refractivity contribution >= 4 is 17.6 Å². The second-order valence-electron chi connectivity index (χ2n) is 6.23. The number of nitrogens with zero attached hydrogens (tertiary/aromatic N) is 3. The maximum atomic E-state index is 5.90. The lowest BCUT2D eigenvalue weighted by Crippen LogP contribution is -2.41. The molecular formula is C19H28ClN5O. The van der Waals surface area contributed by atoms with Crippen LogP contribution < -0.4 is 15.4 Å². The smallest absolute Gasteiger partial charge is 0.191 e. The summed E-state index contributed by atoms with van der Waals surface area (Å²) in [5.74, 6) is 1.56. The number of guanidine groups is 1. The molecule has 0 fully saturated rings. The van der Waals surface area contributed by atoms with Crippen molar-refractivity contribution in [2.45, 2.75) is 40.3 Å². The summed E-state index contributed by atoms with van der Waals surface area (Å²) < 4.78 is 7.78. The van der Waals surface area contributed by atoms with Gasteiger partial charge in [-0.25, -0.2) is 4.99 Å². The summed E-state index contributed by atoms with van der Waals surface area (Å²) >= 11 is 5.90. The SMILES string of the molecule is CCNC(=NCc1c(C)nn(C)c1C)NCC(C)Oc1ccc(Cl)cc1. The summed E-state index contributed by atoms with van der Waals surface area (Å²) in [5.41, 5.74) is 3.32. The molecule has 0 aliphatic heterocycles. The van der Waals surface area contributed by atoms with Crippen molar-refractivity contribution in [3.05, 3.63) is 46.2 Å². The molecule has 0 saturated carbocycles. The minimum absolute atomic E-state index is 0.0121. The highest BCUT2D eigenvalue weighted by atomic mass is 35.5. The van der Waals surface area contributed by atoms with Crippen LogP contribution >= 0.6 is 11.6 Å². The predicted molar refractivity (Wildman–Crippen MR) is 107 cm³/mol. The van der Waals surface area contributed by atoms with Crippen molar-refractivity contribution < 1.29 is 4.74 Å². The van der Waals surface area contributed by atoms with E-state index in [9.17, 15) is 0 Å².